The van der Waals surface area contributed by atoms with E-state index in [1.807, 2.05) is 0 Å². The molecule has 3 N–H and O–H groups in total. The van der Waals surface area contributed by atoms with Crippen LogP contribution in [-0.2, 0) is 5.92 Å². The van der Waals surface area contributed by atoms with Gasteiger partial charge in [-0.15, -0.1) is 0 Å². The van der Waals surface area contributed by atoms with Crippen molar-refractivity contribution in [3.63, 3.8) is 0 Å². The lowest BCUT2D eigenvalue weighted by molar-refractivity contribution is -0.00844. The van der Waals surface area contributed by atoms with Crippen molar-refractivity contribution >= 4 is 17.5 Å². The molecule has 148 valence electrons. The highest BCUT2D eigenvalue weighted by molar-refractivity contribution is 6.01. The van der Waals surface area contributed by atoms with Gasteiger partial charge < -0.3 is 11.1 Å². The predicted octanol–water partition coefficient (Wildman–Crippen LogP) is 2.67. The Morgan fingerprint density at radius 3 is 2.69 bits per heavy atom. The summed E-state index contributed by atoms with van der Waals surface area (Å²) in [6, 6.07) is 6.82. The first-order chi connectivity index (χ1) is 13.9. The van der Waals surface area contributed by atoms with Gasteiger partial charge in [0.05, 0.1) is 17.3 Å². The summed E-state index contributed by atoms with van der Waals surface area (Å²) in [5.74, 6) is -4.11. The Balaban J connectivity index is 1.53. The number of hydrogen-bond acceptors (Lipinski definition) is 4. The van der Waals surface area contributed by atoms with Crippen LogP contribution in [0, 0.1) is 0 Å². The fourth-order valence-corrected chi connectivity index (χ4v) is 3.99. The summed E-state index contributed by atoms with van der Waals surface area (Å²) >= 11 is 0. The van der Waals surface area contributed by atoms with Crippen molar-refractivity contribution in [2.45, 2.75) is 37.1 Å². The highest BCUT2D eigenvalue weighted by atomic mass is 19.3. The number of benzene rings is 1. The minimum atomic E-state index is -3.01. The quantitative estimate of drug-likeness (QED) is 0.707. The number of nitrogens with one attached hydrogen (secondary N) is 1. The number of alkyl halides is 2. The van der Waals surface area contributed by atoms with Crippen molar-refractivity contribution in [3.05, 3.63) is 64.6 Å². The molecule has 2 aliphatic carbocycles. The van der Waals surface area contributed by atoms with Crippen molar-refractivity contribution < 1.29 is 18.4 Å². The number of nitrogens with two attached hydrogens (primary N) is 1. The van der Waals surface area contributed by atoms with Crippen LogP contribution in [0.3, 0.4) is 0 Å². The van der Waals surface area contributed by atoms with Crippen LogP contribution < -0.4 is 11.1 Å². The molecule has 9 heteroatoms. The molecule has 7 nitrogen and oxygen atoms in total. The number of amides is 2. The molecule has 2 amide bonds. The molecule has 1 saturated carbocycles. The SMILES string of the molecule is NC(=O)c1c(C2CC2)nc2c(C(=O)NC3CC(F)(F)c4ccccc43)ccnn12. The fraction of sp³-hybridized carbons (Fsp3) is 0.300. The molecular formula is C20H17F2N5O2. The Bertz CT molecular complexity index is 1170. The molecule has 0 bridgehead atoms. The summed E-state index contributed by atoms with van der Waals surface area (Å²) in [7, 11) is 0. The molecule has 3 aromatic rings. The first-order valence-corrected chi connectivity index (χ1v) is 9.32. The maximum absolute atomic E-state index is 14.3. The van der Waals surface area contributed by atoms with Crippen LogP contribution in [0.5, 0.6) is 0 Å². The summed E-state index contributed by atoms with van der Waals surface area (Å²) in [6.45, 7) is 0. The van der Waals surface area contributed by atoms with Crippen LogP contribution >= 0.6 is 0 Å². The molecule has 29 heavy (non-hydrogen) atoms. The predicted molar refractivity (Wildman–Crippen MR) is 98.6 cm³/mol. The zero-order valence-corrected chi connectivity index (χ0v) is 15.2. The second-order valence-electron chi connectivity index (χ2n) is 7.49. The molecule has 2 heterocycles. The van der Waals surface area contributed by atoms with E-state index in [0.29, 0.717) is 11.3 Å². The van der Waals surface area contributed by atoms with E-state index in [2.05, 4.69) is 15.4 Å². The number of fused-ring (bicyclic) bond motifs is 2. The summed E-state index contributed by atoms with van der Waals surface area (Å²) in [5, 5.41) is 6.81. The molecule has 0 radical (unpaired) electrons. The summed E-state index contributed by atoms with van der Waals surface area (Å²) in [6.07, 6.45) is 2.64. The van der Waals surface area contributed by atoms with Gasteiger partial charge in [-0.1, -0.05) is 24.3 Å². The van der Waals surface area contributed by atoms with E-state index in [-0.39, 0.29) is 28.4 Å². The highest BCUT2D eigenvalue weighted by Crippen LogP contribution is 2.47. The van der Waals surface area contributed by atoms with Crippen LogP contribution in [0.4, 0.5) is 8.78 Å². The van der Waals surface area contributed by atoms with Crippen molar-refractivity contribution in [2.75, 3.05) is 0 Å². The smallest absolute Gasteiger partial charge is 0.275 e. The van der Waals surface area contributed by atoms with E-state index >= 15 is 0 Å². The Labute approximate surface area is 163 Å². The lowest BCUT2D eigenvalue weighted by Gasteiger charge is -2.14. The second kappa shape index (κ2) is 6.07. The van der Waals surface area contributed by atoms with E-state index in [0.717, 1.165) is 12.8 Å². The van der Waals surface area contributed by atoms with Crippen molar-refractivity contribution in [2.24, 2.45) is 5.73 Å². The van der Waals surface area contributed by atoms with E-state index in [9.17, 15) is 18.4 Å². The first-order valence-electron chi connectivity index (χ1n) is 9.32. The van der Waals surface area contributed by atoms with Gasteiger partial charge in [0, 0.05) is 24.1 Å². The van der Waals surface area contributed by atoms with Gasteiger partial charge in [0.15, 0.2) is 11.3 Å². The van der Waals surface area contributed by atoms with Crippen LogP contribution in [-0.4, -0.2) is 26.4 Å². The highest BCUT2D eigenvalue weighted by Gasteiger charge is 2.45. The molecular weight excluding hydrogens is 380 g/mol. The molecule has 0 saturated heterocycles. The molecule has 1 atom stereocenters. The number of rotatable bonds is 4. The Kier molecular flexibility index (Phi) is 3.71. The normalized spacial score (nSPS) is 19.9. The second-order valence-corrected chi connectivity index (χ2v) is 7.49. The van der Waals surface area contributed by atoms with Gasteiger partial charge in [-0.3, -0.25) is 9.59 Å². The van der Waals surface area contributed by atoms with Crippen LogP contribution in [0.1, 0.15) is 68.9 Å². The maximum atomic E-state index is 14.3. The Morgan fingerprint density at radius 1 is 1.21 bits per heavy atom. The van der Waals surface area contributed by atoms with Gasteiger partial charge in [0.1, 0.15) is 0 Å². The third-order valence-electron chi connectivity index (χ3n) is 5.48. The minimum absolute atomic E-state index is 0.0713. The number of halogens is 2. The van der Waals surface area contributed by atoms with Gasteiger partial charge in [-0.2, -0.15) is 5.10 Å². The number of imidazole rings is 1. The van der Waals surface area contributed by atoms with Crippen molar-refractivity contribution in [1.82, 2.24) is 19.9 Å². The standard InChI is InChI=1S/C20H17F2N5O2/c21-20(22)9-14(11-3-1-2-4-13(11)20)25-19(29)12-7-8-24-27-16(17(23)28)15(10-5-6-10)26-18(12)27/h1-4,7-8,10,14H,5-6,9H2,(H2,23,28)(H,25,29). The average molecular weight is 397 g/mol. The van der Waals surface area contributed by atoms with E-state index < -0.39 is 30.2 Å². The summed E-state index contributed by atoms with van der Waals surface area (Å²) < 4.78 is 29.9. The van der Waals surface area contributed by atoms with E-state index in [1.54, 1.807) is 18.2 Å². The van der Waals surface area contributed by atoms with Crippen LogP contribution in [0.2, 0.25) is 0 Å². The molecule has 5 rings (SSSR count). The number of carbonyl (C=O) groups excluding carboxylic acids is 2. The van der Waals surface area contributed by atoms with Crippen LogP contribution in [0.15, 0.2) is 36.5 Å². The third-order valence-corrected chi connectivity index (χ3v) is 5.48. The largest absolute Gasteiger partial charge is 0.364 e. The molecule has 2 aliphatic rings. The number of primary amides is 1. The van der Waals surface area contributed by atoms with Gasteiger partial charge >= 0.3 is 0 Å². The average Bonchev–Trinajstić information content (AvgIpc) is 3.40. The lowest BCUT2D eigenvalue weighted by Crippen LogP contribution is -2.28. The molecule has 2 aromatic heterocycles. The number of aromatic nitrogens is 3. The van der Waals surface area contributed by atoms with Crippen molar-refractivity contribution in [1.29, 1.82) is 0 Å². The summed E-state index contributed by atoms with van der Waals surface area (Å²) in [5.41, 5.74) is 6.88. The summed E-state index contributed by atoms with van der Waals surface area (Å²) in [4.78, 5) is 29.3. The number of hydrogen-bond donors (Lipinski definition) is 2. The fourth-order valence-electron chi connectivity index (χ4n) is 3.99. The topological polar surface area (TPSA) is 102 Å². The van der Waals surface area contributed by atoms with Crippen LogP contribution in [0.25, 0.3) is 5.65 Å². The molecule has 1 aromatic carbocycles. The van der Waals surface area contributed by atoms with E-state index in [4.69, 9.17) is 5.73 Å². The first kappa shape index (κ1) is 17.7. The zero-order valence-electron chi connectivity index (χ0n) is 15.2. The number of carbonyl (C=O) groups is 2. The third kappa shape index (κ3) is 2.76. The molecule has 0 aliphatic heterocycles. The van der Waals surface area contributed by atoms with Gasteiger partial charge in [0.2, 0.25) is 0 Å². The van der Waals surface area contributed by atoms with Gasteiger partial charge in [-0.05, 0) is 24.5 Å². The molecule has 1 unspecified atom stereocenters. The molecule has 1 fully saturated rings. The monoisotopic (exact) mass is 397 g/mol. The van der Waals surface area contributed by atoms with Gasteiger partial charge in [0.25, 0.3) is 17.7 Å². The Hall–Kier alpha value is -3.36. The lowest BCUT2D eigenvalue weighted by atomic mass is 10.1. The number of nitrogens with zero attached hydrogens (tertiary/aromatic N) is 3. The Morgan fingerprint density at radius 2 is 1.97 bits per heavy atom. The van der Waals surface area contributed by atoms with Gasteiger partial charge in [-0.25, -0.2) is 18.3 Å². The minimum Gasteiger partial charge on any atom is -0.364 e. The van der Waals surface area contributed by atoms with E-state index in [1.165, 1.54) is 22.8 Å². The molecule has 0 spiro atoms. The zero-order chi connectivity index (χ0) is 20.3. The maximum Gasteiger partial charge on any atom is 0.275 e. The van der Waals surface area contributed by atoms with Crippen molar-refractivity contribution in [3.8, 4) is 0 Å².